The number of benzene rings is 1. The Labute approximate surface area is 152 Å². The standard InChI is InChI=1S/C20H24N2O4/c1-14-16-4-2-3-5-17(16)26-20(24)18(14)19(23)22-10-8-21(9-11-22)15-6-12-25-13-7-15/h2-5,15H,6-13H2,1H3. The van der Waals surface area contributed by atoms with E-state index in [0.29, 0.717) is 30.3 Å². The number of carbonyl (C=O) groups is 1. The van der Waals surface area contributed by atoms with Gasteiger partial charge >= 0.3 is 5.63 Å². The van der Waals surface area contributed by atoms with Crippen molar-refractivity contribution in [2.24, 2.45) is 0 Å². The van der Waals surface area contributed by atoms with Crippen LogP contribution >= 0.6 is 0 Å². The van der Waals surface area contributed by atoms with Crippen LogP contribution in [0.2, 0.25) is 0 Å². The van der Waals surface area contributed by atoms with Gasteiger partial charge in [-0.1, -0.05) is 18.2 Å². The second-order valence-electron chi connectivity index (χ2n) is 7.06. The van der Waals surface area contributed by atoms with Crippen molar-refractivity contribution in [1.29, 1.82) is 0 Å². The molecule has 4 rings (SSSR count). The van der Waals surface area contributed by atoms with Gasteiger partial charge in [0.1, 0.15) is 11.1 Å². The Kier molecular flexibility index (Phi) is 4.78. The van der Waals surface area contributed by atoms with E-state index < -0.39 is 5.63 Å². The zero-order chi connectivity index (χ0) is 18.1. The molecule has 0 aliphatic carbocycles. The van der Waals surface area contributed by atoms with Crippen LogP contribution in [0.1, 0.15) is 28.8 Å². The third-order valence-electron chi connectivity index (χ3n) is 5.60. The highest BCUT2D eigenvalue weighted by atomic mass is 16.5. The van der Waals surface area contributed by atoms with Gasteiger partial charge in [-0.3, -0.25) is 9.69 Å². The normalized spacial score (nSPS) is 19.8. The van der Waals surface area contributed by atoms with Crippen LogP contribution in [0.3, 0.4) is 0 Å². The van der Waals surface area contributed by atoms with Crippen molar-refractivity contribution in [3.8, 4) is 0 Å². The number of hydrogen-bond donors (Lipinski definition) is 0. The van der Waals surface area contributed by atoms with Gasteiger partial charge in [-0.25, -0.2) is 4.79 Å². The van der Waals surface area contributed by atoms with Gasteiger partial charge < -0.3 is 14.1 Å². The van der Waals surface area contributed by atoms with E-state index >= 15 is 0 Å². The number of fused-ring (bicyclic) bond motifs is 1. The molecule has 2 aliphatic heterocycles. The highest BCUT2D eigenvalue weighted by molar-refractivity contribution is 5.99. The summed E-state index contributed by atoms with van der Waals surface area (Å²) in [4.78, 5) is 29.6. The van der Waals surface area contributed by atoms with Crippen molar-refractivity contribution >= 4 is 16.9 Å². The Morgan fingerprint density at radius 3 is 2.50 bits per heavy atom. The molecule has 26 heavy (non-hydrogen) atoms. The average Bonchev–Trinajstić information content (AvgIpc) is 2.69. The van der Waals surface area contributed by atoms with Gasteiger partial charge in [-0.05, 0) is 31.4 Å². The molecule has 0 saturated carbocycles. The number of amides is 1. The molecule has 2 aliphatic rings. The van der Waals surface area contributed by atoms with E-state index in [1.807, 2.05) is 25.1 Å². The summed E-state index contributed by atoms with van der Waals surface area (Å²) in [7, 11) is 0. The monoisotopic (exact) mass is 356 g/mol. The number of para-hydroxylation sites is 1. The van der Waals surface area contributed by atoms with E-state index in [-0.39, 0.29) is 11.5 Å². The Morgan fingerprint density at radius 2 is 1.77 bits per heavy atom. The molecule has 0 radical (unpaired) electrons. The summed E-state index contributed by atoms with van der Waals surface area (Å²) in [5, 5.41) is 0.816. The zero-order valence-corrected chi connectivity index (χ0v) is 15.1. The molecule has 0 N–H and O–H groups in total. The number of rotatable bonds is 2. The molecule has 0 atom stereocenters. The minimum absolute atomic E-state index is 0.170. The second kappa shape index (κ2) is 7.21. The Morgan fingerprint density at radius 1 is 1.08 bits per heavy atom. The first-order valence-corrected chi connectivity index (χ1v) is 9.28. The molecule has 2 fully saturated rings. The molecule has 6 heteroatoms. The Bertz CT molecular complexity index is 862. The molecular weight excluding hydrogens is 332 g/mol. The van der Waals surface area contributed by atoms with Crippen molar-refractivity contribution < 1.29 is 13.9 Å². The van der Waals surface area contributed by atoms with Crippen LogP contribution in [0.25, 0.3) is 11.0 Å². The van der Waals surface area contributed by atoms with Crippen molar-refractivity contribution in [3.63, 3.8) is 0 Å². The third kappa shape index (κ3) is 3.15. The van der Waals surface area contributed by atoms with Crippen molar-refractivity contribution in [3.05, 3.63) is 45.8 Å². The van der Waals surface area contributed by atoms with Crippen LogP contribution in [0, 0.1) is 6.92 Å². The van der Waals surface area contributed by atoms with Crippen LogP contribution < -0.4 is 5.63 Å². The summed E-state index contributed by atoms with van der Waals surface area (Å²) < 4.78 is 10.8. The minimum Gasteiger partial charge on any atom is -0.422 e. The van der Waals surface area contributed by atoms with E-state index in [2.05, 4.69) is 4.90 Å². The van der Waals surface area contributed by atoms with Gasteiger partial charge in [0.05, 0.1) is 0 Å². The van der Waals surface area contributed by atoms with Crippen molar-refractivity contribution in [1.82, 2.24) is 9.80 Å². The smallest absolute Gasteiger partial charge is 0.349 e. The number of ether oxygens (including phenoxy) is 1. The lowest BCUT2D eigenvalue weighted by molar-refractivity contribution is 0.0136. The van der Waals surface area contributed by atoms with Crippen LogP contribution in [0.15, 0.2) is 33.5 Å². The molecule has 1 aromatic carbocycles. The molecule has 6 nitrogen and oxygen atoms in total. The minimum atomic E-state index is -0.543. The highest BCUT2D eigenvalue weighted by Crippen LogP contribution is 2.21. The van der Waals surface area contributed by atoms with Gasteiger partial charge in [0, 0.05) is 50.8 Å². The van der Waals surface area contributed by atoms with E-state index in [0.717, 1.165) is 44.5 Å². The average molecular weight is 356 g/mol. The van der Waals surface area contributed by atoms with E-state index in [1.165, 1.54) is 0 Å². The van der Waals surface area contributed by atoms with Gasteiger partial charge in [-0.15, -0.1) is 0 Å². The van der Waals surface area contributed by atoms with Gasteiger partial charge in [-0.2, -0.15) is 0 Å². The molecule has 1 aromatic heterocycles. The van der Waals surface area contributed by atoms with Gasteiger partial charge in [0.25, 0.3) is 5.91 Å². The van der Waals surface area contributed by atoms with Crippen LogP contribution in [0.5, 0.6) is 0 Å². The predicted molar refractivity (Wildman–Crippen MR) is 98.5 cm³/mol. The summed E-state index contributed by atoms with van der Waals surface area (Å²) in [5.74, 6) is -0.214. The molecule has 0 spiro atoms. The Hall–Kier alpha value is -2.18. The quantitative estimate of drug-likeness (QED) is 0.771. The molecule has 2 aromatic rings. The first-order valence-electron chi connectivity index (χ1n) is 9.28. The van der Waals surface area contributed by atoms with E-state index in [4.69, 9.17) is 9.15 Å². The third-order valence-corrected chi connectivity index (χ3v) is 5.60. The van der Waals surface area contributed by atoms with Crippen molar-refractivity contribution in [2.75, 3.05) is 39.4 Å². The topological polar surface area (TPSA) is 63.0 Å². The summed E-state index contributed by atoms with van der Waals surface area (Å²) in [6, 6.07) is 7.89. The van der Waals surface area contributed by atoms with Crippen LogP contribution in [0.4, 0.5) is 0 Å². The predicted octanol–water partition coefficient (Wildman–Crippen LogP) is 2.04. The fourth-order valence-corrected chi connectivity index (χ4v) is 4.05. The maximum absolute atomic E-state index is 13.0. The molecule has 138 valence electrons. The lowest BCUT2D eigenvalue weighted by Gasteiger charge is -2.40. The number of carbonyl (C=O) groups excluding carboxylic acids is 1. The molecule has 0 unspecified atom stereocenters. The lowest BCUT2D eigenvalue weighted by atomic mass is 10.0. The van der Waals surface area contributed by atoms with Gasteiger partial charge in [0.2, 0.25) is 0 Å². The first kappa shape index (κ1) is 17.2. The number of piperazine rings is 1. The largest absolute Gasteiger partial charge is 0.422 e. The summed E-state index contributed by atoms with van der Waals surface area (Å²) in [6.45, 7) is 6.43. The van der Waals surface area contributed by atoms with Crippen molar-refractivity contribution in [2.45, 2.75) is 25.8 Å². The number of aryl methyl sites for hydroxylation is 1. The maximum atomic E-state index is 13.0. The fraction of sp³-hybridized carbons (Fsp3) is 0.500. The summed E-state index contributed by atoms with van der Waals surface area (Å²) in [5.41, 5.74) is 0.853. The SMILES string of the molecule is Cc1c(C(=O)N2CCN(C3CCOCC3)CC2)c(=O)oc2ccccc12. The summed E-state index contributed by atoms with van der Waals surface area (Å²) >= 11 is 0. The van der Waals surface area contributed by atoms with Crippen LogP contribution in [-0.4, -0.2) is 61.1 Å². The summed E-state index contributed by atoms with van der Waals surface area (Å²) in [6.07, 6.45) is 2.11. The molecule has 2 saturated heterocycles. The zero-order valence-electron chi connectivity index (χ0n) is 15.1. The Balaban J connectivity index is 1.52. The molecule has 3 heterocycles. The highest BCUT2D eigenvalue weighted by Gasteiger charge is 2.30. The molecule has 0 bridgehead atoms. The van der Waals surface area contributed by atoms with E-state index in [9.17, 15) is 9.59 Å². The molecular formula is C20H24N2O4. The van der Waals surface area contributed by atoms with E-state index in [1.54, 1.807) is 11.0 Å². The molecule has 1 amide bonds. The number of nitrogens with zero attached hydrogens (tertiary/aromatic N) is 2. The second-order valence-corrected chi connectivity index (χ2v) is 7.06. The fourth-order valence-electron chi connectivity index (χ4n) is 4.05. The maximum Gasteiger partial charge on any atom is 0.349 e. The van der Waals surface area contributed by atoms with Gasteiger partial charge in [0.15, 0.2) is 0 Å². The number of hydrogen-bond acceptors (Lipinski definition) is 5. The first-order chi connectivity index (χ1) is 12.6. The lowest BCUT2D eigenvalue weighted by Crippen LogP contribution is -2.53. The van der Waals surface area contributed by atoms with Crippen LogP contribution in [-0.2, 0) is 4.74 Å².